The third-order valence-corrected chi connectivity index (χ3v) is 5.04. The molecule has 18 heavy (non-hydrogen) atoms. The number of carbonyl (C=O) groups is 1. The average molecular weight is 265 g/mol. The molecule has 1 fully saturated rings. The van der Waals surface area contributed by atoms with Gasteiger partial charge in [-0.05, 0) is 25.8 Å². The molecule has 1 unspecified atom stereocenters. The number of thiazole rings is 1. The van der Waals surface area contributed by atoms with Gasteiger partial charge in [-0.2, -0.15) is 0 Å². The monoisotopic (exact) mass is 265 g/mol. The fourth-order valence-corrected chi connectivity index (χ4v) is 3.71. The van der Waals surface area contributed by atoms with Gasteiger partial charge in [0.1, 0.15) is 6.04 Å². The highest BCUT2D eigenvalue weighted by molar-refractivity contribution is 7.10. The molecule has 1 aromatic heterocycles. The molecule has 1 aliphatic carbocycles. The fraction of sp³-hybridized carbons (Fsp3) is 0.692. The van der Waals surface area contributed by atoms with E-state index in [1.807, 2.05) is 17.5 Å². The maximum atomic E-state index is 12.6. The summed E-state index contributed by atoms with van der Waals surface area (Å²) < 4.78 is 0. The summed E-state index contributed by atoms with van der Waals surface area (Å²) in [5, 5.41) is 3.15. The third kappa shape index (κ3) is 2.06. The number of amides is 1. The third-order valence-electron chi connectivity index (χ3n) is 4.10. The number of rotatable bonds is 3. The second kappa shape index (κ2) is 4.97. The van der Waals surface area contributed by atoms with Gasteiger partial charge in [-0.1, -0.05) is 6.42 Å². The van der Waals surface area contributed by atoms with Gasteiger partial charge in [0.05, 0.1) is 16.1 Å². The summed E-state index contributed by atoms with van der Waals surface area (Å²) in [5.74, 6) is 0.961. The molecule has 1 amide bonds. The molecule has 0 aromatic carbocycles. The standard InChI is InChI=1S/C13H19N3OS/c1-14-11-12-10(15-8-18-12)5-6-16(13(11)17)7-9-3-2-4-9/h8-9,11,14H,2-7H2,1H3. The van der Waals surface area contributed by atoms with Gasteiger partial charge in [0.25, 0.3) is 0 Å². The van der Waals surface area contributed by atoms with Crippen molar-refractivity contribution in [3.05, 3.63) is 16.1 Å². The molecular formula is C13H19N3OS. The Morgan fingerprint density at radius 1 is 1.56 bits per heavy atom. The van der Waals surface area contributed by atoms with Crippen molar-refractivity contribution in [1.82, 2.24) is 15.2 Å². The van der Waals surface area contributed by atoms with Gasteiger partial charge in [0, 0.05) is 19.5 Å². The Labute approximate surface area is 111 Å². The summed E-state index contributed by atoms with van der Waals surface area (Å²) in [4.78, 5) is 20.1. The van der Waals surface area contributed by atoms with Gasteiger partial charge in [-0.25, -0.2) is 4.98 Å². The van der Waals surface area contributed by atoms with Crippen molar-refractivity contribution < 1.29 is 4.79 Å². The van der Waals surface area contributed by atoms with Crippen molar-refractivity contribution in [1.29, 1.82) is 0 Å². The molecule has 3 rings (SSSR count). The van der Waals surface area contributed by atoms with Crippen molar-refractivity contribution in [2.24, 2.45) is 5.92 Å². The molecular weight excluding hydrogens is 246 g/mol. The van der Waals surface area contributed by atoms with E-state index >= 15 is 0 Å². The van der Waals surface area contributed by atoms with Crippen LogP contribution < -0.4 is 5.32 Å². The van der Waals surface area contributed by atoms with E-state index in [0.717, 1.165) is 36.0 Å². The van der Waals surface area contributed by atoms with Crippen LogP contribution in [-0.4, -0.2) is 35.9 Å². The average Bonchev–Trinajstić information content (AvgIpc) is 2.72. The largest absolute Gasteiger partial charge is 0.340 e. The zero-order chi connectivity index (χ0) is 12.5. The van der Waals surface area contributed by atoms with Gasteiger partial charge >= 0.3 is 0 Å². The smallest absolute Gasteiger partial charge is 0.245 e. The van der Waals surface area contributed by atoms with Crippen LogP contribution in [0.1, 0.15) is 35.9 Å². The van der Waals surface area contributed by atoms with Gasteiger partial charge in [0.2, 0.25) is 5.91 Å². The van der Waals surface area contributed by atoms with Crippen LogP contribution in [0.2, 0.25) is 0 Å². The first kappa shape index (κ1) is 12.1. The Bertz CT molecular complexity index is 441. The molecule has 5 heteroatoms. The SMILES string of the molecule is CNC1C(=O)N(CC2CCC2)CCc2ncsc21. The second-order valence-corrected chi connectivity index (χ2v) is 6.10. The van der Waals surface area contributed by atoms with Crippen molar-refractivity contribution in [3.8, 4) is 0 Å². The van der Waals surface area contributed by atoms with E-state index in [9.17, 15) is 4.79 Å². The lowest BCUT2D eigenvalue weighted by Crippen LogP contribution is -2.42. The van der Waals surface area contributed by atoms with E-state index in [4.69, 9.17) is 0 Å². The molecule has 4 nitrogen and oxygen atoms in total. The maximum Gasteiger partial charge on any atom is 0.245 e. The number of carbonyl (C=O) groups excluding carboxylic acids is 1. The highest BCUT2D eigenvalue weighted by atomic mass is 32.1. The Hall–Kier alpha value is -0.940. The van der Waals surface area contributed by atoms with Crippen LogP contribution in [0.4, 0.5) is 0 Å². The van der Waals surface area contributed by atoms with Crippen LogP contribution in [0.25, 0.3) is 0 Å². The highest BCUT2D eigenvalue weighted by Gasteiger charge is 2.33. The molecule has 1 atom stereocenters. The van der Waals surface area contributed by atoms with E-state index in [2.05, 4.69) is 10.3 Å². The predicted octanol–water partition coefficient (Wildman–Crippen LogP) is 1.59. The van der Waals surface area contributed by atoms with Crippen LogP contribution in [0.3, 0.4) is 0 Å². The minimum absolute atomic E-state index is 0.185. The number of hydrogen-bond acceptors (Lipinski definition) is 4. The van der Waals surface area contributed by atoms with Gasteiger partial charge < -0.3 is 10.2 Å². The number of likely N-dealkylation sites (N-methyl/N-ethyl adjacent to an activating group) is 1. The Morgan fingerprint density at radius 2 is 2.39 bits per heavy atom. The van der Waals surface area contributed by atoms with Crippen LogP contribution in [-0.2, 0) is 11.2 Å². The number of hydrogen-bond donors (Lipinski definition) is 1. The lowest BCUT2D eigenvalue weighted by Gasteiger charge is -2.33. The molecule has 0 spiro atoms. The van der Waals surface area contributed by atoms with E-state index in [-0.39, 0.29) is 11.9 Å². The Morgan fingerprint density at radius 3 is 3.06 bits per heavy atom. The highest BCUT2D eigenvalue weighted by Crippen LogP contribution is 2.31. The zero-order valence-corrected chi connectivity index (χ0v) is 11.5. The van der Waals surface area contributed by atoms with E-state index < -0.39 is 0 Å². The molecule has 0 bridgehead atoms. The summed E-state index contributed by atoms with van der Waals surface area (Å²) in [6.07, 6.45) is 4.80. The number of fused-ring (bicyclic) bond motifs is 1. The molecule has 1 saturated carbocycles. The molecule has 98 valence electrons. The summed E-state index contributed by atoms with van der Waals surface area (Å²) in [5.41, 5.74) is 2.95. The predicted molar refractivity (Wildman–Crippen MR) is 71.5 cm³/mol. The van der Waals surface area contributed by atoms with Crippen molar-refractivity contribution in [3.63, 3.8) is 0 Å². The lowest BCUT2D eigenvalue weighted by atomic mass is 9.85. The van der Waals surface area contributed by atoms with Gasteiger partial charge in [-0.3, -0.25) is 4.79 Å². The molecule has 1 aromatic rings. The quantitative estimate of drug-likeness (QED) is 0.902. The number of nitrogens with zero attached hydrogens (tertiary/aromatic N) is 2. The Kier molecular flexibility index (Phi) is 3.35. The summed E-state index contributed by atoms with van der Waals surface area (Å²) in [6, 6.07) is -0.185. The summed E-state index contributed by atoms with van der Waals surface area (Å²) in [6.45, 7) is 1.76. The lowest BCUT2D eigenvalue weighted by molar-refractivity contribution is -0.134. The topological polar surface area (TPSA) is 45.2 Å². The minimum Gasteiger partial charge on any atom is -0.340 e. The fourth-order valence-electron chi connectivity index (χ4n) is 2.77. The van der Waals surface area contributed by atoms with Crippen molar-refractivity contribution in [2.75, 3.05) is 20.1 Å². The number of aromatic nitrogens is 1. The molecule has 1 N–H and O–H groups in total. The first-order valence-electron chi connectivity index (χ1n) is 6.68. The second-order valence-electron chi connectivity index (χ2n) is 5.22. The zero-order valence-electron chi connectivity index (χ0n) is 10.7. The van der Waals surface area contributed by atoms with Crippen LogP contribution >= 0.6 is 11.3 Å². The maximum absolute atomic E-state index is 12.6. The van der Waals surface area contributed by atoms with E-state index in [1.54, 1.807) is 11.3 Å². The van der Waals surface area contributed by atoms with Crippen LogP contribution in [0, 0.1) is 5.92 Å². The minimum atomic E-state index is -0.185. The Balaban J connectivity index is 1.79. The van der Waals surface area contributed by atoms with Gasteiger partial charge in [0.15, 0.2) is 0 Å². The van der Waals surface area contributed by atoms with Crippen molar-refractivity contribution >= 4 is 17.2 Å². The normalized spacial score (nSPS) is 24.6. The van der Waals surface area contributed by atoms with Crippen LogP contribution in [0.5, 0.6) is 0 Å². The van der Waals surface area contributed by atoms with Gasteiger partial charge in [-0.15, -0.1) is 11.3 Å². The summed E-state index contributed by atoms with van der Waals surface area (Å²) >= 11 is 1.59. The molecule has 2 heterocycles. The molecule has 0 radical (unpaired) electrons. The first-order chi connectivity index (χ1) is 8.79. The first-order valence-corrected chi connectivity index (χ1v) is 7.56. The van der Waals surface area contributed by atoms with E-state index in [1.165, 1.54) is 19.3 Å². The number of nitrogens with one attached hydrogen (secondary N) is 1. The molecule has 0 saturated heterocycles. The van der Waals surface area contributed by atoms with Crippen molar-refractivity contribution in [2.45, 2.75) is 31.7 Å². The molecule has 2 aliphatic rings. The summed E-state index contributed by atoms with van der Waals surface area (Å²) in [7, 11) is 1.86. The van der Waals surface area contributed by atoms with E-state index in [0.29, 0.717) is 0 Å². The molecule has 1 aliphatic heterocycles. The van der Waals surface area contributed by atoms with Crippen LogP contribution in [0.15, 0.2) is 5.51 Å².